The Kier molecular flexibility index (Phi) is 4.47. The molecule has 0 bridgehead atoms. The van der Waals surface area contributed by atoms with Gasteiger partial charge in [0.2, 0.25) is 5.91 Å². The quantitative estimate of drug-likeness (QED) is 0.826. The first-order valence-corrected chi connectivity index (χ1v) is 9.91. The van der Waals surface area contributed by atoms with Gasteiger partial charge in [0.25, 0.3) is 5.91 Å². The summed E-state index contributed by atoms with van der Waals surface area (Å²) in [5.41, 5.74) is -0.438. The van der Waals surface area contributed by atoms with Gasteiger partial charge < -0.3 is 10.2 Å². The van der Waals surface area contributed by atoms with E-state index in [-0.39, 0.29) is 24.4 Å². The molecule has 4 amide bonds. The smallest absolute Gasteiger partial charge is 0.325 e. The molecule has 7 heteroatoms. The van der Waals surface area contributed by atoms with Crippen LogP contribution in [-0.2, 0) is 15.1 Å². The van der Waals surface area contributed by atoms with Crippen molar-refractivity contribution in [3.05, 3.63) is 58.3 Å². The van der Waals surface area contributed by atoms with E-state index in [9.17, 15) is 14.4 Å². The molecule has 1 N–H and O–H groups in total. The van der Waals surface area contributed by atoms with E-state index in [1.807, 2.05) is 35.7 Å². The number of benzene rings is 1. The maximum atomic E-state index is 13.0. The minimum absolute atomic E-state index is 0.0405. The number of rotatable bonds is 4. The van der Waals surface area contributed by atoms with E-state index < -0.39 is 11.6 Å². The largest absolute Gasteiger partial charge is 0.333 e. The Morgan fingerprint density at radius 2 is 2.00 bits per heavy atom. The number of imide groups is 1. The molecule has 1 aromatic heterocycles. The van der Waals surface area contributed by atoms with Crippen LogP contribution in [0.25, 0.3) is 0 Å². The second kappa shape index (κ2) is 6.81. The van der Waals surface area contributed by atoms with Gasteiger partial charge in [-0.15, -0.1) is 11.3 Å². The average Bonchev–Trinajstić information content (AvgIpc) is 3.39. The first kappa shape index (κ1) is 17.7. The highest BCUT2D eigenvalue weighted by atomic mass is 32.1. The molecule has 140 valence electrons. The highest BCUT2D eigenvalue weighted by molar-refractivity contribution is 7.10. The Morgan fingerprint density at radius 3 is 2.70 bits per heavy atom. The van der Waals surface area contributed by atoms with Gasteiger partial charge in [0, 0.05) is 11.4 Å². The minimum atomic E-state index is -1.14. The standard InChI is InChI=1S/C20H21N3O3S/c1-20(14-7-3-2-4-8-14)18(25)23(19(26)21-20)13-17(24)22-11-5-9-15(22)16-10-6-12-27-16/h2-4,6-8,10,12,15H,5,9,11,13H2,1H3,(H,21,26). The molecule has 6 nitrogen and oxygen atoms in total. The maximum absolute atomic E-state index is 13.0. The van der Waals surface area contributed by atoms with E-state index in [1.165, 1.54) is 0 Å². The molecule has 2 aliphatic rings. The first-order valence-electron chi connectivity index (χ1n) is 9.03. The van der Waals surface area contributed by atoms with Crippen LogP contribution in [0.1, 0.15) is 36.2 Å². The third kappa shape index (κ3) is 3.02. The molecule has 2 aliphatic heterocycles. The molecule has 3 heterocycles. The number of likely N-dealkylation sites (tertiary alicyclic amines) is 1. The van der Waals surface area contributed by atoms with Crippen LogP contribution >= 0.6 is 11.3 Å². The van der Waals surface area contributed by atoms with Crippen molar-refractivity contribution < 1.29 is 14.4 Å². The zero-order valence-corrected chi connectivity index (χ0v) is 15.9. The van der Waals surface area contributed by atoms with Crippen LogP contribution in [0.2, 0.25) is 0 Å². The Balaban J connectivity index is 1.52. The third-order valence-electron chi connectivity index (χ3n) is 5.36. The van der Waals surface area contributed by atoms with Gasteiger partial charge in [-0.1, -0.05) is 36.4 Å². The van der Waals surface area contributed by atoms with Crippen molar-refractivity contribution in [2.75, 3.05) is 13.1 Å². The monoisotopic (exact) mass is 383 g/mol. The van der Waals surface area contributed by atoms with Crippen LogP contribution in [0.5, 0.6) is 0 Å². The minimum Gasteiger partial charge on any atom is -0.333 e. The molecule has 27 heavy (non-hydrogen) atoms. The molecule has 2 unspecified atom stereocenters. The van der Waals surface area contributed by atoms with Crippen molar-refractivity contribution in [3.63, 3.8) is 0 Å². The van der Waals surface area contributed by atoms with Crippen molar-refractivity contribution in [1.29, 1.82) is 0 Å². The molecule has 0 spiro atoms. The van der Waals surface area contributed by atoms with Gasteiger partial charge in [-0.2, -0.15) is 0 Å². The van der Waals surface area contributed by atoms with Crippen molar-refractivity contribution in [3.8, 4) is 0 Å². The molecule has 2 saturated heterocycles. The Morgan fingerprint density at radius 1 is 1.22 bits per heavy atom. The number of carbonyl (C=O) groups excluding carboxylic acids is 3. The molecular weight excluding hydrogens is 362 g/mol. The number of nitrogens with one attached hydrogen (secondary N) is 1. The van der Waals surface area contributed by atoms with E-state index >= 15 is 0 Å². The van der Waals surface area contributed by atoms with Crippen molar-refractivity contribution in [2.24, 2.45) is 0 Å². The van der Waals surface area contributed by atoms with Gasteiger partial charge in [-0.3, -0.25) is 14.5 Å². The Hall–Kier alpha value is -2.67. The summed E-state index contributed by atoms with van der Waals surface area (Å²) in [7, 11) is 0. The fourth-order valence-electron chi connectivity index (χ4n) is 3.88. The summed E-state index contributed by atoms with van der Waals surface area (Å²) in [6.07, 6.45) is 1.84. The van der Waals surface area contributed by atoms with Crippen LogP contribution in [0.15, 0.2) is 47.8 Å². The predicted octanol–water partition coefficient (Wildman–Crippen LogP) is 2.88. The highest BCUT2D eigenvalue weighted by Gasteiger charge is 2.50. The number of hydrogen-bond acceptors (Lipinski definition) is 4. The fraction of sp³-hybridized carbons (Fsp3) is 0.350. The normalized spacial score (nSPS) is 25.1. The van der Waals surface area contributed by atoms with Crippen molar-refractivity contribution in [1.82, 2.24) is 15.1 Å². The van der Waals surface area contributed by atoms with Gasteiger partial charge in [0.1, 0.15) is 12.1 Å². The summed E-state index contributed by atoms with van der Waals surface area (Å²) in [4.78, 5) is 42.3. The van der Waals surface area contributed by atoms with Crippen LogP contribution < -0.4 is 5.32 Å². The molecular formula is C20H21N3O3S. The Labute approximate surface area is 161 Å². The lowest BCUT2D eigenvalue weighted by Crippen LogP contribution is -2.44. The van der Waals surface area contributed by atoms with Gasteiger partial charge >= 0.3 is 6.03 Å². The molecule has 0 radical (unpaired) electrons. The Bertz CT molecular complexity index is 868. The van der Waals surface area contributed by atoms with Crippen LogP contribution in [-0.4, -0.2) is 40.7 Å². The molecule has 2 aromatic rings. The predicted molar refractivity (Wildman–Crippen MR) is 102 cm³/mol. The number of thiophene rings is 1. The summed E-state index contributed by atoms with van der Waals surface area (Å²) >= 11 is 1.63. The van der Waals surface area contributed by atoms with E-state index in [1.54, 1.807) is 35.3 Å². The summed E-state index contributed by atoms with van der Waals surface area (Å²) in [6, 6.07) is 12.6. The number of hydrogen-bond donors (Lipinski definition) is 1. The van der Waals surface area contributed by atoms with Crippen LogP contribution in [0.4, 0.5) is 4.79 Å². The zero-order chi connectivity index (χ0) is 19.0. The molecule has 2 fully saturated rings. The van der Waals surface area contributed by atoms with Crippen LogP contribution in [0.3, 0.4) is 0 Å². The van der Waals surface area contributed by atoms with Crippen molar-refractivity contribution >= 4 is 29.2 Å². The van der Waals surface area contributed by atoms with E-state index in [0.717, 1.165) is 22.6 Å². The lowest BCUT2D eigenvalue weighted by Gasteiger charge is -2.26. The van der Waals surface area contributed by atoms with Gasteiger partial charge in [0.15, 0.2) is 0 Å². The lowest BCUT2D eigenvalue weighted by atomic mass is 9.92. The van der Waals surface area contributed by atoms with E-state index in [4.69, 9.17) is 0 Å². The molecule has 2 atom stereocenters. The van der Waals surface area contributed by atoms with Crippen molar-refractivity contribution in [2.45, 2.75) is 31.3 Å². The zero-order valence-electron chi connectivity index (χ0n) is 15.1. The number of urea groups is 1. The highest BCUT2D eigenvalue weighted by Crippen LogP contribution is 2.35. The molecule has 0 aliphatic carbocycles. The van der Waals surface area contributed by atoms with Gasteiger partial charge in [-0.05, 0) is 36.8 Å². The second-order valence-corrected chi connectivity index (χ2v) is 8.05. The molecule has 4 rings (SSSR count). The molecule has 0 saturated carbocycles. The van der Waals surface area contributed by atoms with E-state index in [2.05, 4.69) is 5.32 Å². The van der Waals surface area contributed by atoms with Gasteiger partial charge in [-0.25, -0.2) is 4.79 Å². The summed E-state index contributed by atoms with van der Waals surface area (Å²) in [5, 5.41) is 4.75. The molecule has 1 aromatic carbocycles. The number of carbonyl (C=O) groups is 3. The second-order valence-electron chi connectivity index (χ2n) is 7.07. The topological polar surface area (TPSA) is 69.7 Å². The summed E-state index contributed by atoms with van der Waals surface area (Å²) in [5.74, 6) is -0.578. The van der Waals surface area contributed by atoms with Gasteiger partial charge in [0.05, 0.1) is 6.04 Å². The lowest BCUT2D eigenvalue weighted by molar-refractivity contribution is -0.139. The fourth-order valence-corrected chi connectivity index (χ4v) is 4.75. The summed E-state index contributed by atoms with van der Waals surface area (Å²) < 4.78 is 0. The number of nitrogens with zero attached hydrogens (tertiary/aromatic N) is 2. The number of amides is 4. The third-order valence-corrected chi connectivity index (χ3v) is 6.34. The maximum Gasteiger partial charge on any atom is 0.325 e. The summed E-state index contributed by atoms with van der Waals surface area (Å²) in [6.45, 7) is 2.10. The SMILES string of the molecule is CC1(c2ccccc2)NC(=O)N(CC(=O)N2CCCC2c2cccs2)C1=O. The average molecular weight is 383 g/mol. The van der Waals surface area contributed by atoms with E-state index in [0.29, 0.717) is 12.1 Å². The van der Waals surface area contributed by atoms with Crippen LogP contribution in [0, 0.1) is 0 Å². The first-order chi connectivity index (χ1) is 13.0.